The first-order valence-corrected chi connectivity index (χ1v) is 12.3. The largest absolute Gasteiger partial charge is 0.388 e. The Morgan fingerprint density at radius 3 is 2.41 bits per heavy atom. The maximum atomic E-state index is 12.2. The van der Waals surface area contributed by atoms with Crippen LogP contribution in [0.15, 0.2) is 4.99 Å². The van der Waals surface area contributed by atoms with Gasteiger partial charge < -0.3 is 20.5 Å². The van der Waals surface area contributed by atoms with Crippen LogP contribution < -0.4 is 15.4 Å². The van der Waals surface area contributed by atoms with E-state index in [1.165, 1.54) is 0 Å². The van der Waals surface area contributed by atoms with E-state index in [-0.39, 0.29) is 42.4 Å². The standard InChI is InChI=1S/C19H40N4O4S.HI/c1-4-10-19(24,11-5-2)16-22-18(20-6-3)21-12-14-28(25,26)23-15-17-9-7-8-13-27-17;/h17,23-24H,4-16H2,1-3H3,(H2,20,21,22);1H. The molecule has 0 saturated carbocycles. The number of rotatable bonds is 13. The van der Waals surface area contributed by atoms with E-state index in [0.717, 1.165) is 32.1 Å². The number of nitrogens with zero attached hydrogens (tertiary/aromatic N) is 1. The lowest BCUT2D eigenvalue weighted by atomic mass is 9.93. The highest BCUT2D eigenvalue weighted by Gasteiger charge is 2.24. The number of ether oxygens (including phenoxy) is 1. The summed E-state index contributed by atoms with van der Waals surface area (Å²) in [7, 11) is -3.38. The lowest BCUT2D eigenvalue weighted by Crippen LogP contribution is -2.43. The summed E-state index contributed by atoms with van der Waals surface area (Å²) >= 11 is 0. The van der Waals surface area contributed by atoms with Gasteiger partial charge >= 0.3 is 0 Å². The Balaban J connectivity index is 0.00000784. The molecule has 1 fully saturated rings. The van der Waals surface area contributed by atoms with Crippen molar-refractivity contribution in [3.05, 3.63) is 0 Å². The maximum absolute atomic E-state index is 12.2. The summed E-state index contributed by atoms with van der Waals surface area (Å²) in [6.07, 6.45) is 6.19. The molecule has 0 aromatic heterocycles. The number of sulfonamides is 1. The Labute approximate surface area is 194 Å². The van der Waals surface area contributed by atoms with E-state index in [1.54, 1.807) is 0 Å². The predicted molar refractivity (Wildman–Crippen MR) is 130 cm³/mol. The molecule has 8 nitrogen and oxygen atoms in total. The van der Waals surface area contributed by atoms with Crippen molar-refractivity contribution in [3.63, 3.8) is 0 Å². The minimum absolute atomic E-state index is 0. The lowest BCUT2D eigenvalue weighted by molar-refractivity contribution is 0.0200. The Hall–Kier alpha value is -0.170. The van der Waals surface area contributed by atoms with Gasteiger partial charge in [-0.2, -0.15) is 0 Å². The zero-order valence-corrected chi connectivity index (χ0v) is 21.4. The van der Waals surface area contributed by atoms with Crippen molar-refractivity contribution in [2.24, 2.45) is 4.99 Å². The second-order valence-corrected chi connectivity index (χ2v) is 9.43. The van der Waals surface area contributed by atoms with Crippen LogP contribution in [0.2, 0.25) is 0 Å². The van der Waals surface area contributed by atoms with Crippen molar-refractivity contribution in [2.45, 2.75) is 77.4 Å². The summed E-state index contributed by atoms with van der Waals surface area (Å²) in [4.78, 5) is 4.47. The second kappa shape index (κ2) is 15.6. The molecular weight excluding hydrogens is 507 g/mol. The highest BCUT2D eigenvalue weighted by Crippen LogP contribution is 2.19. The van der Waals surface area contributed by atoms with Crippen LogP contribution in [0.3, 0.4) is 0 Å². The van der Waals surface area contributed by atoms with Crippen molar-refractivity contribution < 1.29 is 18.3 Å². The third kappa shape index (κ3) is 13.0. The fraction of sp³-hybridized carbons (Fsp3) is 0.947. The maximum Gasteiger partial charge on any atom is 0.213 e. The summed E-state index contributed by atoms with van der Waals surface area (Å²) in [5, 5.41) is 16.8. The number of halogens is 1. The van der Waals surface area contributed by atoms with Crippen LogP contribution in [0.5, 0.6) is 0 Å². The van der Waals surface area contributed by atoms with E-state index in [4.69, 9.17) is 4.74 Å². The number of aliphatic hydroxyl groups is 1. The van der Waals surface area contributed by atoms with Gasteiger partial charge in [0.25, 0.3) is 0 Å². The molecule has 10 heteroatoms. The molecule has 1 heterocycles. The van der Waals surface area contributed by atoms with Crippen LogP contribution in [-0.4, -0.2) is 69.7 Å². The zero-order chi connectivity index (χ0) is 20.9. The van der Waals surface area contributed by atoms with E-state index >= 15 is 0 Å². The molecule has 1 aliphatic heterocycles. The monoisotopic (exact) mass is 548 g/mol. The van der Waals surface area contributed by atoms with Gasteiger partial charge in [-0.05, 0) is 39.0 Å². The summed E-state index contributed by atoms with van der Waals surface area (Å²) in [6, 6.07) is 0. The van der Waals surface area contributed by atoms with E-state index < -0.39 is 15.6 Å². The van der Waals surface area contributed by atoms with Crippen molar-refractivity contribution in [1.82, 2.24) is 15.4 Å². The topological polar surface area (TPSA) is 112 Å². The molecule has 0 aromatic rings. The smallest absolute Gasteiger partial charge is 0.213 e. The molecule has 1 aliphatic rings. The van der Waals surface area contributed by atoms with Gasteiger partial charge in [0.1, 0.15) is 0 Å². The Morgan fingerprint density at radius 1 is 1.17 bits per heavy atom. The number of aliphatic imine (C=N–C) groups is 1. The van der Waals surface area contributed by atoms with Gasteiger partial charge in [0, 0.05) is 26.2 Å². The summed E-state index contributed by atoms with van der Waals surface area (Å²) in [5.41, 5.74) is -0.806. The van der Waals surface area contributed by atoms with Crippen molar-refractivity contribution in [2.75, 3.05) is 38.5 Å². The molecule has 0 bridgehead atoms. The highest BCUT2D eigenvalue weighted by molar-refractivity contribution is 14.0. The minimum atomic E-state index is -3.38. The van der Waals surface area contributed by atoms with Gasteiger partial charge in [0.15, 0.2) is 5.96 Å². The third-order valence-electron chi connectivity index (χ3n) is 4.77. The van der Waals surface area contributed by atoms with Crippen molar-refractivity contribution in [1.29, 1.82) is 0 Å². The van der Waals surface area contributed by atoms with Crippen LogP contribution in [-0.2, 0) is 14.8 Å². The van der Waals surface area contributed by atoms with Crippen LogP contribution in [0.4, 0.5) is 0 Å². The average molecular weight is 549 g/mol. The molecule has 0 spiro atoms. The van der Waals surface area contributed by atoms with Crippen LogP contribution >= 0.6 is 24.0 Å². The fourth-order valence-electron chi connectivity index (χ4n) is 3.35. The first kappa shape index (κ1) is 28.8. The molecule has 1 atom stereocenters. The molecule has 1 saturated heterocycles. The molecule has 0 aromatic carbocycles. The Bertz CT molecular complexity index is 548. The van der Waals surface area contributed by atoms with Gasteiger partial charge in [-0.1, -0.05) is 26.7 Å². The molecule has 0 radical (unpaired) electrons. The fourth-order valence-corrected chi connectivity index (χ4v) is 4.30. The number of hydrogen-bond acceptors (Lipinski definition) is 5. The van der Waals surface area contributed by atoms with Crippen molar-refractivity contribution >= 4 is 40.0 Å². The molecule has 0 amide bonds. The summed E-state index contributed by atoms with van der Waals surface area (Å²) in [6.45, 7) is 8.28. The van der Waals surface area contributed by atoms with Crippen LogP contribution in [0.25, 0.3) is 0 Å². The summed E-state index contributed by atoms with van der Waals surface area (Å²) in [5.74, 6) is 0.483. The second-order valence-electron chi connectivity index (χ2n) is 7.50. The highest BCUT2D eigenvalue weighted by atomic mass is 127. The van der Waals surface area contributed by atoms with E-state index in [2.05, 4.69) is 20.3 Å². The van der Waals surface area contributed by atoms with Crippen molar-refractivity contribution in [3.8, 4) is 0 Å². The molecule has 174 valence electrons. The van der Waals surface area contributed by atoms with Gasteiger partial charge in [-0.3, -0.25) is 4.99 Å². The average Bonchev–Trinajstić information content (AvgIpc) is 2.66. The number of nitrogens with one attached hydrogen (secondary N) is 3. The van der Waals surface area contributed by atoms with E-state index in [9.17, 15) is 13.5 Å². The lowest BCUT2D eigenvalue weighted by Gasteiger charge is -2.26. The van der Waals surface area contributed by atoms with E-state index in [0.29, 0.717) is 45.0 Å². The van der Waals surface area contributed by atoms with Gasteiger partial charge in [0.2, 0.25) is 10.0 Å². The Kier molecular flexibility index (Phi) is 15.5. The molecule has 0 aliphatic carbocycles. The molecule has 29 heavy (non-hydrogen) atoms. The van der Waals surface area contributed by atoms with Gasteiger partial charge in [-0.15, -0.1) is 24.0 Å². The SMILES string of the molecule is CCCC(O)(CCC)CN=C(NCC)NCCS(=O)(=O)NCC1CCCCO1.I. The van der Waals surface area contributed by atoms with Gasteiger partial charge in [-0.25, -0.2) is 13.1 Å². The third-order valence-corrected chi connectivity index (χ3v) is 6.12. The first-order chi connectivity index (χ1) is 13.3. The predicted octanol–water partition coefficient (Wildman–Crippen LogP) is 1.98. The zero-order valence-electron chi connectivity index (χ0n) is 18.2. The quantitative estimate of drug-likeness (QED) is 0.159. The van der Waals surface area contributed by atoms with Crippen LogP contribution in [0, 0.1) is 0 Å². The molecule has 1 rings (SSSR count). The molecule has 4 N–H and O–H groups in total. The van der Waals surface area contributed by atoms with Gasteiger partial charge in [0.05, 0.1) is 24.0 Å². The number of hydrogen-bond donors (Lipinski definition) is 4. The molecular formula is C19H41IN4O4S. The van der Waals surface area contributed by atoms with Crippen LogP contribution in [0.1, 0.15) is 65.7 Å². The molecule has 1 unspecified atom stereocenters. The number of guanidine groups is 1. The first-order valence-electron chi connectivity index (χ1n) is 10.7. The minimum Gasteiger partial charge on any atom is -0.388 e. The van der Waals surface area contributed by atoms with E-state index in [1.807, 2.05) is 20.8 Å². The normalized spacial score (nSPS) is 18.2. The Morgan fingerprint density at radius 2 is 1.86 bits per heavy atom. The summed E-state index contributed by atoms with van der Waals surface area (Å²) < 4.78 is 32.6.